The number of urea groups is 1. The maximum Gasteiger partial charge on any atom is 0.324 e. The van der Waals surface area contributed by atoms with Gasteiger partial charge in [0.2, 0.25) is 5.91 Å². The summed E-state index contributed by atoms with van der Waals surface area (Å²) in [7, 11) is 2.05. The highest BCUT2D eigenvalue weighted by Gasteiger charge is 2.32. The van der Waals surface area contributed by atoms with E-state index in [2.05, 4.69) is 27.7 Å². The highest BCUT2D eigenvalue weighted by Crippen LogP contribution is 2.27. The van der Waals surface area contributed by atoms with E-state index in [9.17, 15) is 14.0 Å². The molecule has 0 radical (unpaired) electrons. The van der Waals surface area contributed by atoms with E-state index in [0.29, 0.717) is 24.6 Å². The van der Waals surface area contributed by atoms with Gasteiger partial charge in [0.25, 0.3) is 0 Å². The summed E-state index contributed by atoms with van der Waals surface area (Å²) in [6.07, 6.45) is 7.60. The molecule has 2 aliphatic rings. The molecule has 1 unspecified atom stereocenters. The molecular weight excluding hydrogens is 411 g/mol. The Morgan fingerprint density at radius 3 is 2.62 bits per heavy atom. The summed E-state index contributed by atoms with van der Waals surface area (Å²) < 4.78 is 15.1. The van der Waals surface area contributed by atoms with Crippen molar-refractivity contribution in [3.05, 3.63) is 42.3 Å². The number of nitrogens with zero attached hydrogens (tertiary/aromatic N) is 4. The summed E-state index contributed by atoms with van der Waals surface area (Å²) in [4.78, 5) is 29.6. The predicted octanol–water partition coefficient (Wildman–Crippen LogP) is 3.70. The lowest BCUT2D eigenvalue weighted by molar-refractivity contribution is -0.138. The minimum atomic E-state index is -0.457. The van der Waals surface area contributed by atoms with Crippen LogP contribution in [0.5, 0.6) is 0 Å². The minimum Gasteiger partial charge on any atom is -0.341 e. The van der Waals surface area contributed by atoms with Crippen molar-refractivity contribution in [2.45, 2.75) is 50.6 Å². The first-order valence-electron chi connectivity index (χ1n) is 11.4. The first-order chi connectivity index (χ1) is 15.5. The van der Waals surface area contributed by atoms with Crippen molar-refractivity contribution in [1.29, 1.82) is 0 Å². The second-order valence-electron chi connectivity index (χ2n) is 8.65. The third-order valence-electron chi connectivity index (χ3n) is 6.42. The van der Waals surface area contributed by atoms with E-state index in [0.717, 1.165) is 38.6 Å². The number of hydrogen-bond donors (Lipinski definition) is 2. The first-order valence-corrected chi connectivity index (χ1v) is 11.4. The number of likely N-dealkylation sites (tertiary alicyclic amines) is 2. The molecule has 172 valence electrons. The Hall–Kier alpha value is -2.94. The van der Waals surface area contributed by atoms with Crippen LogP contribution in [0.3, 0.4) is 0 Å². The quantitative estimate of drug-likeness (QED) is 0.756. The molecule has 0 saturated carbocycles. The van der Waals surface area contributed by atoms with Gasteiger partial charge in [-0.15, -0.1) is 0 Å². The molecule has 9 heteroatoms. The molecule has 4 rings (SSSR count). The molecule has 1 aromatic carbocycles. The standard InChI is InChI=1S/C23H31FN6O2/c1-28-13-4-2-3-8-20(28)22(31)29-14-10-19(11-15-29)30-21(9-12-25-30)27-23(32)26-18-7-5-6-17(24)16-18/h5-7,9,12,16,19-20H,2-4,8,10-11,13-15H2,1H3,(H2,26,27,32). The Morgan fingerprint density at radius 1 is 1.03 bits per heavy atom. The van der Waals surface area contributed by atoms with Crippen molar-refractivity contribution in [3.8, 4) is 0 Å². The molecule has 2 aromatic rings. The fourth-order valence-electron chi connectivity index (χ4n) is 4.65. The normalized spacial score (nSPS) is 20.6. The zero-order chi connectivity index (χ0) is 22.5. The Bertz CT molecular complexity index is 940. The van der Waals surface area contributed by atoms with Crippen molar-refractivity contribution < 1.29 is 14.0 Å². The van der Waals surface area contributed by atoms with Crippen LogP contribution in [0.1, 0.15) is 44.6 Å². The van der Waals surface area contributed by atoms with Crippen LogP contribution in [0.2, 0.25) is 0 Å². The van der Waals surface area contributed by atoms with E-state index < -0.39 is 11.8 Å². The molecule has 3 heterocycles. The van der Waals surface area contributed by atoms with Crippen molar-refractivity contribution >= 4 is 23.4 Å². The molecule has 3 amide bonds. The van der Waals surface area contributed by atoms with E-state index in [1.807, 2.05) is 9.58 Å². The topological polar surface area (TPSA) is 82.5 Å². The van der Waals surface area contributed by atoms with E-state index in [4.69, 9.17) is 0 Å². The molecule has 1 atom stereocenters. The number of nitrogens with one attached hydrogen (secondary N) is 2. The van der Waals surface area contributed by atoms with Crippen molar-refractivity contribution in [1.82, 2.24) is 19.6 Å². The molecule has 0 aliphatic carbocycles. The molecular formula is C23H31FN6O2. The summed E-state index contributed by atoms with van der Waals surface area (Å²) in [5.74, 6) is 0.400. The van der Waals surface area contributed by atoms with Gasteiger partial charge in [-0.2, -0.15) is 5.10 Å². The lowest BCUT2D eigenvalue weighted by Gasteiger charge is -2.36. The van der Waals surface area contributed by atoms with Crippen LogP contribution < -0.4 is 10.6 Å². The summed E-state index contributed by atoms with van der Waals surface area (Å²) in [6.45, 7) is 2.35. The van der Waals surface area contributed by atoms with E-state index in [-0.39, 0.29) is 18.0 Å². The van der Waals surface area contributed by atoms with Gasteiger partial charge in [0, 0.05) is 24.8 Å². The lowest BCUT2D eigenvalue weighted by Crippen LogP contribution is -2.49. The molecule has 2 saturated heterocycles. The van der Waals surface area contributed by atoms with E-state index in [1.54, 1.807) is 18.3 Å². The Balaban J connectivity index is 1.33. The second kappa shape index (κ2) is 10.1. The largest absolute Gasteiger partial charge is 0.341 e. The van der Waals surface area contributed by atoms with Gasteiger partial charge < -0.3 is 10.2 Å². The molecule has 8 nitrogen and oxygen atoms in total. The monoisotopic (exact) mass is 442 g/mol. The predicted molar refractivity (Wildman–Crippen MR) is 121 cm³/mol. The highest BCUT2D eigenvalue weighted by molar-refractivity contribution is 5.99. The molecule has 2 fully saturated rings. The van der Waals surface area contributed by atoms with Gasteiger partial charge >= 0.3 is 6.03 Å². The number of anilines is 2. The summed E-state index contributed by atoms with van der Waals surface area (Å²) in [6, 6.07) is 7.12. The van der Waals surface area contributed by atoms with Crippen LogP contribution >= 0.6 is 0 Å². The maximum atomic E-state index is 13.3. The van der Waals surface area contributed by atoms with Crippen LogP contribution in [-0.2, 0) is 4.79 Å². The van der Waals surface area contributed by atoms with Crippen LogP contribution in [0, 0.1) is 5.82 Å². The van der Waals surface area contributed by atoms with Gasteiger partial charge in [-0.3, -0.25) is 15.0 Å². The summed E-state index contributed by atoms with van der Waals surface area (Å²) in [5, 5.41) is 9.83. The SMILES string of the molecule is CN1CCCCCC1C(=O)N1CCC(n2nccc2NC(=O)Nc2cccc(F)c2)CC1. The van der Waals surface area contributed by atoms with Gasteiger partial charge in [-0.25, -0.2) is 13.9 Å². The first kappa shape index (κ1) is 22.3. The van der Waals surface area contributed by atoms with Crippen LogP contribution in [-0.4, -0.2) is 64.2 Å². The highest BCUT2D eigenvalue weighted by atomic mass is 19.1. The zero-order valence-corrected chi connectivity index (χ0v) is 18.5. The van der Waals surface area contributed by atoms with Crippen molar-refractivity contribution in [2.24, 2.45) is 0 Å². The number of carbonyl (C=O) groups is 2. The van der Waals surface area contributed by atoms with E-state index >= 15 is 0 Å². The smallest absolute Gasteiger partial charge is 0.324 e. The van der Waals surface area contributed by atoms with Gasteiger partial charge in [-0.1, -0.05) is 18.9 Å². The van der Waals surface area contributed by atoms with E-state index in [1.165, 1.54) is 24.6 Å². The number of hydrogen-bond acceptors (Lipinski definition) is 4. The molecule has 0 spiro atoms. The maximum absolute atomic E-state index is 13.3. The van der Waals surface area contributed by atoms with Gasteiger partial charge in [-0.05, 0) is 57.5 Å². The number of piperidine rings is 1. The number of amides is 3. The number of halogens is 1. The zero-order valence-electron chi connectivity index (χ0n) is 18.5. The Morgan fingerprint density at radius 2 is 1.84 bits per heavy atom. The fourth-order valence-corrected chi connectivity index (χ4v) is 4.65. The molecule has 2 aliphatic heterocycles. The number of aromatic nitrogens is 2. The number of benzene rings is 1. The second-order valence-corrected chi connectivity index (χ2v) is 8.65. The molecule has 2 N–H and O–H groups in total. The van der Waals surface area contributed by atoms with Gasteiger partial charge in [0.05, 0.1) is 18.3 Å². The van der Waals surface area contributed by atoms with Crippen LogP contribution in [0.25, 0.3) is 0 Å². The summed E-state index contributed by atoms with van der Waals surface area (Å²) in [5.41, 5.74) is 0.379. The average Bonchev–Trinajstić information content (AvgIpc) is 3.12. The summed E-state index contributed by atoms with van der Waals surface area (Å²) >= 11 is 0. The third-order valence-corrected chi connectivity index (χ3v) is 6.42. The number of rotatable bonds is 4. The Kier molecular flexibility index (Phi) is 7.04. The van der Waals surface area contributed by atoms with Gasteiger partial charge in [0.1, 0.15) is 11.6 Å². The third kappa shape index (κ3) is 5.27. The average molecular weight is 443 g/mol. The van der Waals surface area contributed by atoms with Crippen LogP contribution in [0.15, 0.2) is 36.5 Å². The fraction of sp³-hybridized carbons (Fsp3) is 0.522. The number of likely N-dealkylation sites (N-methyl/N-ethyl adjacent to an activating group) is 1. The van der Waals surface area contributed by atoms with Crippen LogP contribution in [0.4, 0.5) is 20.7 Å². The molecule has 32 heavy (non-hydrogen) atoms. The van der Waals surface area contributed by atoms with Crippen molar-refractivity contribution in [2.75, 3.05) is 37.3 Å². The van der Waals surface area contributed by atoms with Gasteiger partial charge in [0.15, 0.2) is 0 Å². The van der Waals surface area contributed by atoms with Crippen molar-refractivity contribution in [3.63, 3.8) is 0 Å². The molecule has 0 bridgehead atoms. The molecule has 1 aromatic heterocycles. The Labute approximate surface area is 187 Å². The minimum absolute atomic E-state index is 0.0116. The lowest BCUT2D eigenvalue weighted by atomic mass is 10.0. The number of carbonyl (C=O) groups excluding carboxylic acids is 2.